The van der Waals surface area contributed by atoms with Gasteiger partial charge in [-0.15, -0.1) is 12.1 Å². The van der Waals surface area contributed by atoms with E-state index in [4.69, 9.17) is 19.3 Å². The minimum atomic E-state index is -0.779. The zero-order valence-electron chi connectivity index (χ0n) is 25.6. The first-order valence-electron chi connectivity index (χ1n) is 14.7. The molecule has 1 aliphatic heterocycles. The van der Waals surface area contributed by atoms with E-state index in [1.807, 2.05) is 85.0 Å². The summed E-state index contributed by atoms with van der Waals surface area (Å²) in [7, 11) is 1.65. The second kappa shape index (κ2) is 20.0. The zero-order chi connectivity index (χ0) is 31.0. The van der Waals surface area contributed by atoms with Crippen LogP contribution in [0, 0.1) is 12.0 Å². The molecule has 10 heteroatoms. The number of hydrogen-bond acceptors (Lipinski definition) is 6. The molecule has 1 saturated heterocycles. The third kappa shape index (κ3) is 12.9. The van der Waals surface area contributed by atoms with Crippen molar-refractivity contribution in [1.82, 2.24) is 5.32 Å². The van der Waals surface area contributed by atoms with Crippen molar-refractivity contribution in [3.05, 3.63) is 90.0 Å². The molecule has 1 radical (unpaired) electrons. The zero-order valence-corrected chi connectivity index (χ0v) is 28.1. The topological polar surface area (TPSA) is 134 Å². The average Bonchev–Trinajstić information content (AvgIpc) is 3.54. The molecule has 1 heterocycles. The van der Waals surface area contributed by atoms with E-state index >= 15 is 0 Å². The molecule has 0 aromatic heterocycles. The van der Waals surface area contributed by atoms with Crippen LogP contribution in [0.2, 0.25) is 0 Å². The van der Waals surface area contributed by atoms with Gasteiger partial charge >= 0.3 is 25.9 Å². The van der Waals surface area contributed by atoms with Crippen LogP contribution >= 0.6 is 0 Å². The van der Waals surface area contributed by atoms with Crippen molar-refractivity contribution in [2.75, 3.05) is 40.0 Å². The van der Waals surface area contributed by atoms with E-state index in [1.165, 1.54) is 0 Å². The number of carbonyl (C=O) groups is 2. The first-order valence-corrected chi connectivity index (χ1v) is 14.7. The van der Waals surface area contributed by atoms with Gasteiger partial charge in [-0.2, -0.15) is 18.2 Å². The molecule has 1 amide bonds. The van der Waals surface area contributed by atoms with E-state index < -0.39 is 18.2 Å². The van der Waals surface area contributed by atoms with Gasteiger partial charge in [-0.25, -0.2) is 4.79 Å². The summed E-state index contributed by atoms with van der Waals surface area (Å²) >= 11 is 0. The Morgan fingerprint density at radius 1 is 1.07 bits per heavy atom. The predicted octanol–water partition coefficient (Wildman–Crippen LogP) is 2.76. The number of hydrogen-bond donors (Lipinski definition) is 3. The van der Waals surface area contributed by atoms with Crippen molar-refractivity contribution in [3.8, 4) is 16.9 Å². The van der Waals surface area contributed by atoms with Crippen LogP contribution < -0.4 is 15.4 Å². The van der Waals surface area contributed by atoms with Crippen LogP contribution in [0.4, 0.5) is 4.79 Å². The van der Waals surface area contributed by atoms with Crippen LogP contribution in [-0.4, -0.2) is 80.4 Å². The number of Topliss-reactive ketones (excluding diaryl/α,β-unsaturated/α-hetero) is 1. The number of benzene rings is 3. The normalized spacial score (nSPS) is 15.9. The van der Waals surface area contributed by atoms with Gasteiger partial charge in [0.05, 0.1) is 38.8 Å². The van der Waals surface area contributed by atoms with Gasteiger partial charge < -0.3 is 35.1 Å². The van der Waals surface area contributed by atoms with Gasteiger partial charge in [-0.05, 0) is 37.0 Å². The van der Waals surface area contributed by atoms with Gasteiger partial charge in [-0.3, -0.25) is 4.79 Å². The van der Waals surface area contributed by atoms with Crippen molar-refractivity contribution >= 4 is 11.9 Å². The molecular formula is C34H45N2O7Os+2. The van der Waals surface area contributed by atoms with Crippen LogP contribution in [0.5, 0.6) is 5.75 Å². The maximum Gasteiger partial charge on any atom is 1.00 e. The minimum Gasteiger partial charge on any atom is -0.522 e. The Balaban J connectivity index is 0.000000650. The van der Waals surface area contributed by atoms with Gasteiger partial charge in [0, 0.05) is 17.7 Å². The van der Waals surface area contributed by atoms with Crippen molar-refractivity contribution in [2.24, 2.45) is 5.92 Å². The van der Waals surface area contributed by atoms with Gasteiger partial charge in [0.15, 0.2) is 12.4 Å². The Bertz CT molecular complexity index is 1240. The van der Waals surface area contributed by atoms with Crippen LogP contribution in [0.25, 0.3) is 11.1 Å². The summed E-state index contributed by atoms with van der Waals surface area (Å²) in [5.74, 6) is 1.15. The third-order valence-electron chi connectivity index (χ3n) is 7.21. The first kappa shape index (κ1) is 37.1. The second-order valence-corrected chi connectivity index (χ2v) is 10.8. The monoisotopic (exact) mass is 785 g/mol. The number of aliphatic hydroxyl groups excluding tert-OH is 1. The minimum absolute atomic E-state index is 0. The van der Waals surface area contributed by atoms with Gasteiger partial charge in [0.1, 0.15) is 18.8 Å². The number of carbonyl (C=O) groups excluding carboxylic acids is 2. The number of methoxy groups -OCH3 is 1. The Morgan fingerprint density at radius 3 is 2.23 bits per heavy atom. The maximum absolute atomic E-state index is 12.5. The summed E-state index contributed by atoms with van der Waals surface area (Å²) in [4.78, 5) is 24.0. The van der Waals surface area contributed by atoms with Crippen LogP contribution in [0.3, 0.4) is 0 Å². The largest absolute Gasteiger partial charge is 1.00 e. The Labute approximate surface area is 273 Å². The van der Waals surface area contributed by atoms with Gasteiger partial charge in [-0.1, -0.05) is 48.5 Å². The van der Waals surface area contributed by atoms with Crippen LogP contribution in [-0.2, 0) is 35.7 Å². The molecule has 44 heavy (non-hydrogen) atoms. The Morgan fingerprint density at radius 2 is 1.70 bits per heavy atom. The summed E-state index contributed by atoms with van der Waals surface area (Å²) in [6.45, 7) is 6.03. The SMILES string of the molecule is CC(=O)c1ccc(-c2ccc(CC(NC(=O)OC3CCOC3)C(O)C[NH2+]CC(C)C[OH2+])cc2)cc1.COc1cc[c-]cc1.[Os+]. The number of aliphatic hydroxyl groups is 1. The molecule has 3 aromatic carbocycles. The Kier molecular flexibility index (Phi) is 16.9. The molecule has 4 unspecified atom stereocenters. The fraction of sp³-hybridized carbons (Fsp3) is 0.412. The molecule has 1 fully saturated rings. The molecule has 239 valence electrons. The molecule has 3 aromatic rings. The molecule has 9 nitrogen and oxygen atoms in total. The van der Waals surface area contributed by atoms with Crippen molar-refractivity contribution < 1.29 is 59.1 Å². The number of nitrogens with two attached hydrogens (primary N) is 1. The van der Waals surface area contributed by atoms with Crippen molar-refractivity contribution in [3.63, 3.8) is 0 Å². The second-order valence-electron chi connectivity index (χ2n) is 10.8. The van der Waals surface area contributed by atoms with E-state index in [-0.39, 0.29) is 37.6 Å². The van der Waals surface area contributed by atoms with Crippen LogP contribution in [0.15, 0.2) is 72.8 Å². The number of rotatable bonds is 13. The summed E-state index contributed by atoms with van der Waals surface area (Å²) in [6.07, 6.45) is -0.465. The van der Waals surface area contributed by atoms with Crippen molar-refractivity contribution in [1.29, 1.82) is 0 Å². The Hall–Kier alpha value is -3.12. The molecule has 0 spiro atoms. The fourth-order valence-corrected chi connectivity index (χ4v) is 4.52. The number of alkyl carbamates (subject to hydrolysis) is 1. The van der Waals surface area contributed by atoms with E-state index in [1.54, 1.807) is 14.0 Å². The number of ether oxygens (including phenoxy) is 3. The van der Waals surface area contributed by atoms with Gasteiger partial charge in [0.2, 0.25) is 0 Å². The number of nitrogens with one attached hydrogen (secondary N) is 1. The molecule has 0 aliphatic carbocycles. The summed E-state index contributed by atoms with van der Waals surface area (Å²) < 4.78 is 15.6. The number of quaternary nitrogens is 1. The molecule has 0 bridgehead atoms. The predicted molar refractivity (Wildman–Crippen MR) is 165 cm³/mol. The molecule has 0 saturated carbocycles. The molecule has 1 aliphatic rings. The summed E-state index contributed by atoms with van der Waals surface area (Å²) in [6, 6.07) is 25.2. The quantitative estimate of drug-likeness (QED) is 0.139. The molecule has 6 N–H and O–H groups in total. The molecular weight excluding hydrogens is 739 g/mol. The van der Waals surface area contributed by atoms with E-state index in [0.717, 1.165) is 29.0 Å². The fourth-order valence-electron chi connectivity index (χ4n) is 4.52. The first-order chi connectivity index (χ1) is 20.8. The summed E-state index contributed by atoms with van der Waals surface area (Å²) in [5.41, 5.74) is 3.68. The molecule has 4 rings (SSSR count). The third-order valence-corrected chi connectivity index (χ3v) is 7.21. The smallest absolute Gasteiger partial charge is 0.522 e. The number of amides is 1. The number of ketones is 1. The van der Waals surface area contributed by atoms with E-state index in [0.29, 0.717) is 44.8 Å². The average molecular weight is 784 g/mol. The molecule has 4 atom stereocenters. The van der Waals surface area contributed by atoms with Gasteiger partial charge in [0.25, 0.3) is 0 Å². The van der Waals surface area contributed by atoms with Crippen molar-refractivity contribution in [2.45, 2.75) is 44.9 Å². The van der Waals surface area contributed by atoms with E-state index in [2.05, 4.69) is 11.4 Å². The van der Waals surface area contributed by atoms with E-state index in [9.17, 15) is 14.7 Å². The summed E-state index contributed by atoms with van der Waals surface area (Å²) in [5, 5.41) is 23.2. The van der Waals surface area contributed by atoms with Crippen LogP contribution in [0.1, 0.15) is 36.2 Å². The standard InChI is InChI=1S/C27H36N2O6.C7H7O.Os/c1-18(16-30)14-28-15-26(32)25(29-27(33)35-24-11-12-34-17-24)13-20-3-5-22(6-4-20)23-9-7-21(8-10-23)19(2)31;1-8-7-5-3-2-4-6-7;/h3-10,18,24-26,28,30,32H,11-17H2,1-2H3,(H,29,33);3-6H,1H3;/q;-1;+1/p+2. The maximum atomic E-state index is 12.5.